The van der Waals surface area contributed by atoms with Crippen molar-refractivity contribution in [1.82, 2.24) is 19.7 Å². The Morgan fingerprint density at radius 3 is 2.52 bits per heavy atom. The predicted molar refractivity (Wildman–Crippen MR) is 123 cm³/mol. The summed E-state index contributed by atoms with van der Waals surface area (Å²) in [4.78, 5) is 23.1. The minimum atomic E-state index is -0.525. The second-order valence-electron chi connectivity index (χ2n) is 7.17. The van der Waals surface area contributed by atoms with Crippen molar-refractivity contribution in [3.05, 3.63) is 94.4 Å². The monoisotopic (exact) mass is 446 g/mol. The molecular formula is C23H22N6O4. The third-order valence-corrected chi connectivity index (χ3v) is 5.08. The number of para-hydroxylation sites is 1. The standard InChI is InChI=1S/C23H22N6O4/c1-16-19(15-24-23(30)25-20-11-10-18(29(31)32)14-21(20)33-2)22(27-12-6-7-13-27)28(26-16)17-8-4-3-5-9-17/h3-14H,15H2,1-2H3,(H2,24,25,30). The first-order chi connectivity index (χ1) is 16.0. The number of non-ortho nitro benzene ring substituents is 1. The Morgan fingerprint density at radius 1 is 1.12 bits per heavy atom. The number of nitro benzene ring substituents is 1. The number of aromatic nitrogens is 3. The Bertz CT molecular complexity index is 1280. The molecule has 2 heterocycles. The van der Waals surface area contributed by atoms with E-state index in [2.05, 4.69) is 10.6 Å². The molecule has 2 aromatic heterocycles. The maximum absolute atomic E-state index is 12.6. The molecule has 10 nitrogen and oxygen atoms in total. The van der Waals surface area contributed by atoms with E-state index in [0.29, 0.717) is 5.69 Å². The van der Waals surface area contributed by atoms with Crippen LogP contribution in [0.25, 0.3) is 11.5 Å². The van der Waals surface area contributed by atoms with Gasteiger partial charge in [0.05, 0.1) is 41.7 Å². The Kier molecular flexibility index (Phi) is 6.07. The first kappa shape index (κ1) is 21.6. The van der Waals surface area contributed by atoms with Crippen molar-refractivity contribution in [3.63, 3.8) is 0 Å². The van der Waals surface area contributed by atoms with Gasteiger partial charge in [0.15, 0.2) is 0 Å². The molecule has 10 heteroatoms. The van der Waals surface area contributed by atoms with Gasteiger partial charge in [0, 0.05) is 24.0 Å². The highest BCUT2D eigenvalue weighted by atomic mass is 16.6. The molecule has 0 radical (unpaired) electrons. The van der Waals surface area contributed by atoms with Gasteiger partial charge in [0.25, 0.3) is 5.69 Å². The van der Waals surface area contributed by atoms with E-state index in [0.717, 1.165) is 22.8 Å². The fourth-order valence-corrected chi connectivity index (χ4v) is 3.48. The summed E-state index contributed by atoms with van der Waals surface area (Å²) in [6, 6.07) is 17.1. The highest BCUT2D eigenvalue weighted by molar-refractivity contribution is 5.91. The van der Waals surface area contributed by atoms with Gasteiger partial charge in [-0.05, 0) is 37.3 Å². The minimum Gasteiger partial charge on any atom is -0.494 e. The van der Waals surface area contributed by atoms with Gasteiger partial charge < -0.3 is 19.9 Å². The van der Waals surface area contributed by atoms with Crippen molar-refractivity contribution in [2.75, 3.05) is 12.4 Å². The van der Waals surface area contributed by atoms with Crippen molar-refractivity contribution < 1.29 is 14.5 Å². The number of ether oxygens (including phenoxy) is 1. The second-order valence-corrected chi connectivity index (χ2v) is 7.17. The molecule has 0 aliphatic carbocycles. The highest BCUT2D eigenvalue weighted by Crippen LogP contribution is 2.29. The molecule has 0 saturated heterocycles. The number of nitro groups is 1. The number of aryl methyl sites for hydroxylation is 1. The van der Waals surface area contributed by atoms with E-state index < -0.39 is 11.0 Å². The number of benzene rings is 2. The summed E-state index contributed by atoms with van der Waals surface area (Å²) < 4.78 is 8.96. The van der Waals surface area contributed by atoms with E-state index in [-0.39, 0.29) is 18.0 Å². The molecule has 168 valence electrons. The molecule has 0 unspecified atom stereocenters. The fraction of sp³-hybridized carbons (Fsp3) is 0.130. The van der Waals surface area contributed by atoms with Gasteiger partial charge in [-0.2, -0.15) is 5.10 Å². The van der Waals surface area contributed by atoms with E-state index in [1.165, 1.54) is 25.3 Å². The lowest BCUT2D eigenvalue weighted by molar-refractivity contribution is -0.384. The van der Waals surface area contributed by atoms with Crippen LogP contribution >= 0.6 is 0 Å². The SMILES string of the molecule is COc1cc([N+](=O)[O-])ccc1NC(=O)NCc1c(C)nn(-c2ccccc2)c1-n1cccc1. The number of nitrogens with one attached hydrogen (secondary N) is 2. The molecule has 0 saturated carbocycles. The van der Waals surface area contributed by atoms with Crippen LogP contribution in [0, 0.1) is 17.0 Å². The van der Waals surface area contributed by atoms with Crippen molar-refractivity contribution in [2.24, 2.45) is 0 Å². The molecule has 0 aliphatic heterocycles. The largest absolute Gasteiger partial charge is 0.494 e. The first-order valence-electron chi connectivity index (χ1n) is 10.1. The second kappa shape index (κ2) is 9.27. The summed E-state index contributed by atoms with van der Waals surface area (Å²) in [5.74, 6) is 1.01. The topological polar surface area (TPSA) is 116 Å². The van der Waals surface area contributed by atoms with E-state index in [9.17, 15) is 14.9 Å². The van der Waals surface area contributed by atoms with Crippen LogP contribution < -0.4 is 15.4 Å². The van der Waals surface area contributed by atoms with Gasteiger partial charge in [-0.15, -0.1) is 0 Å². The zero-order chi connectivity index (χ0) is 23.4. The Morgan fingerprint density at radius 2 is 1.85 bits per heavy atom. The molecule has 4 aromatic rings. The Balaban J connectivity index is 1.57. The van der Waals surface area contributed by atoms with Crippen molar-refractivity contribution in [3.8, 4) is 17.3 Å². The molecule has 2 N–H and O–H groups in total. The molecule has 0 atom stereocenters. The van der Waals surface area contributed by atoms with Gasteiger partial charge in [0.2, 0.25) is 0 Å². The van der Waals surface area contributed by atoms with Crippen LogP contribution in [0.4, 0.5) is 16.2 Å². The van der Waals surface area contributed by atoms with E-state index >= 15 is 0 Å². The number of methoxy groups -OCH3 is 1. The number of carbonyl (C=O) groups is 1. The highest BCUT2D eigenvalue weighted by Gasteiger charge is 2.19. The zero-order valence-electron chi connectivity index (χ0n) is 18.1. The molecule has 2 amide bonds. The molecule has 0 aliphatic rings. The predicted octanol–water partition coefficient (Wildman–Crippen LogP) is 4.21. The van der Waals surface area contributed by atoms with Gasteiger partial charge in [-0.25, -0.2) is 9.48 Å². The van der Waals surface area contributed by atoms with Crippen LogP contribution in [0.15, 0.2) is 73.1 Å². The molecule has 4 rings (SSSR count). The molecule has 0 spiro atoms. The van der Waals surface area contributed by atoms with Crippen molar-refractivity contribution >= 4 is 17.4 Å². The number of urea groups is 1. The van der Waals surface area contributed by atoms with E-state index in [4.69, 9.17) is 9.84 Å². The lowest BCUT2D eigenvalue weighted by atomic mass is 10.2. The number of hydrogen-bond acceptors (Lipinski definition) is 5. The summed E-state index contributed by atoms with van der Waals surface area (Å²) in [6.45, 7) is 2.11. The molecule has 0 bridgehead atoms. The first-order valence-corrected chi connectivity index (χ1v) is 10.1. The lowest BCUT2D eigenvalue weighted by Crippen LogP contribution is -2.29. The van der Waals surface area contributed by atoms with Crippen LogP contribution in [-0.4, -0.2) is 32.4 Å². The number of carbonyl (C=O) groups excluding carboxylic acids is 1. The van der Waals surface area contributed by atoms with Crippen LogP contribution in [0.2, 0.25) is 0 Å². The third kappa shape index (κ3) is 4.54. The van der Waals surface area contributed by atoms with E-state index in [1.54, 1.807) is 0 Å². The summed E-state index contributed by atoms with van der Waals surface area (Å²) in [5.41, 5.74) is 2.72. The summed E-state index contributed by atoms with van der Waals surface area (Å²) in [7, 11) is 1.38. The maximum atomic E-state index is 12.6. The lowest BCUT2D eigenvalue weighted by Gasteiger charge is -2.13. The minimum absolute atomic E-state index is 0.127. The van der Waals surface area contributed by atoms with Crippen LogP contribution in [0.5, 0.6) is 5.75 Å². The molecular weight excluding hydrogens is 424 g/mol. The van der Waals surface area contributed by atoms with Crippen molar-refractivity contribution in [1.29, 1.82) is 0 Å². The summed E-state index contributed by atoms with van der Waals surface area (Å²) in [5, 5.41) is 21.2. The smallest absolute Gasteiger partial charge is 0.319 e. The molecule has 33 heavy (non-hydrogen) atoms. The summed E-state index contributed by atoms with van der Waals surface area (Å²) in [6.07, 6.45) is 3.84. The summed E-state index contributed by atoms with van der Waals surface area (Å²) >= 11 is 0. The van der Waals surface area contributed by atoms with Crippen LogP contribution in [0.1, 0.15) is 11.3 Å². The van der Waals surface area contributed by atoms with E-state index in [1.807, 2.05) is 71.0 Å². The number of amides is 2. The van der Waals surface area contributed by atoms with Gasteiger partial charge in [0.1, 0.15) is 11.6 Å². The maximum Gasteiger partial charge on any atom is 0.319 e. The number of anilines is 1. The fourth-order valence-electron chi connectivity index (χ4n) is 3.48. The van der Waals surface area contributed by atoms with Crippen molar-refractivity contribution in [2.45, 2.75) is 13.5 Å². The normalized spacial score (nSPS) is 10.6. The zero-order valence-corrected chi connectivity index (χ0v) is 18.1. The quantitative estimate of drug-likeness (QED) is 0.326. The van der Waals surface area contributed by atoms with Gasteiger partial charge in [-0.3, -0.25) is 10.1 Å². The van der Waals surface area contributed by atoms with Crippen LogP contribution in [0.3, 0.4) is 0 Å². The Hall–Kier alpha value is -4.60. The number of rotatable bonds is 7. The average molecular weight is 446 g/mol. The number of hydrogen-bond donors (Lipinski definition) is 2. The molecule has 0 fully saturated rings. The average Bonchev–Trinajstić information content (AvgIpc) is 3.46. The Labute approximate surface area is 189 Å². The third-order valence-electron chi connectivity index (χ3n) is 5.08. The molecule has 2 aromatic carbocycles. The number of nitrogens with zero attached hydrogens (tertiary/aromatic N) is 4. The van der Waals surface area contributed by atoms with Crippen LogP contribution in [-0.2, 0) is 6.54 Å². The van der Waals surface area contributed by atoms with Gasteiger partial charge >= 0.3 is 6.03 Å². The van der Waals surface area contributed by atoms with Gasteiger partial charge in [-0.1, -0.05) is 18.2 Å².